The van der Waals surface area contributed by atoms with E-state index in [0.717, 1.165) is 58.6 Å². The predicted octanol–water partition coefficient (Wildman–Crippen LogP) is 7.90. The number of ether oxygens (including phenoxy) is 1. The first-order valence-corrected chi connectivity index (χ1v) is 14.1. The quantitative estimate of drug-likeness (QED) is 0.167. The van der Waals surface area contributed by atoms with Gasteiger partial charge in [-0.1, -0.05) is 35.9 Å². The Bertz CT molecular complexity index is 1100. The van der Waals surface area contributed by atoms with Crippen LogP contribution >= 0.6 is 56.8 Å². The number of benzene rings is 3. The summed E-state index contributed by atoms with van der Waals surface area (Å²) in [4.78, 5) is 16.1. The van der Waals surface area contributed by atoms with Crippen molar-refractivity contribution in [1.82, 2.24) is 0 Å². The van der Waals surface area contributed by atoms with Crippen LogP contribution in [0.5, 0.6) is 0 Å². The number of esters is 1. The molecule has 0 fully saturated rings. The van der Waals surface area contributed by atoms with Gasteiger partial charge in [0.15, 0.2) is 0 Å². The maximum atomic E-state index is 12.0. The molecule has 3 rings (SSSR count). The van der Waals surface area contributed by atoms with Crippen LogP contribution in [0.4, 0.5) is 11.4 Å². The van der Waals surface area contributed by atoms with Crippen LogP contribution in [0.25, 0.3) is 22.3 Å². The Morgan fingerprint density at radius 2 is 1.26 bits per heavy atom. The highest BCUT2D eigenvalue weighted by molar-refractivity contribution is 14.1. The van der Waals surface area contributed by atoms with Crippen LogP contribution in [0.1, 0.15) is 25.3 Å². The maximum Gasteiger partial charge on any atom is 0.305 e. The Labute approximate surface area is 241 Å². The Balaban J connectivity index is 2.14. The van der Waals surface area contributed by atoms with Gasteiger partial charge in [-0.3, -0.25) is 4.79 Å². The lowest BCUT2D eigenvalue weighted by Gasteiger charge is -2.21. The molecule has 0 N–H and O–H groups in total. The molecule has 0 amide bonds. The summed E-state index contributed by atoms with van der Waals surface area (Å²) in [6.45, 7) is 2.25. The summed E-state index contributed by atoms with van der Waals surface area (Å²) in [7, 11) is 8.14. The Hall–Kier alpha value is -1.52. The van der Waals surface area contributed by atoms with Crippen molar-refractivity contribution in [2.75, 3.05) is 44.6 Å². The van der Waals surface area contributed by atoms with Gasteiger partial charge in [0, 0.05) is 64.3 Å². The van der Waals surface area contributed by atoms with E-state index in [1.807, 2.05) is 35.1 Å². The number of carbonyl (C=O) groups is 1. The van der Waals surface area contributed by atoms with E-state index in [0.29, 0.717) is 13.0 Å². The van der Waals surface area contributed by atoms with Crippen molar-refractivity contribution in [2.45, 2.75) is 26.2 Å². The van der Waals surface area contributed by atoms with Crippen LogP contribution < -0.4 is 9.80 Å². The van der Waals surface area contributed by atoms with Crippen molar-refractivity contribution < 1.29 is 9.53 Å². The summed E-state index contributed by atoms with van der Waals surface area (Å²) in [5, 5.41) is 0.753. The molecular weight excluding hydrogens is 686 g/mol. The summed E-state index contributed by atoms with van der Waals surface area (Å²) in [5.41, 5.74) is 7.74. The zero-order chi connectivity index (χ0) is 25.7. The normalized spacial score (nSPS) is 10.9. The van der Waals surface area contributed by atoms with Crippen LogP contribution in [0.2, 0.25) is 5.02 Å². The molecule has 0 spiro atoms. The van der Waals surface area contributed by atoms with E-state index in [1.165, 1.54) is 5.56 Å². The molecule has 4 nitrogen and oxygen atoms in total. The molecule has 0 aliphatic rings. The number of nitrogens with zero attached hydrogens (tertiary/aromatic N) is 2. The average Bonchev–Trinajstić information content (AvgIpc) is 2.82. The fourth-order valence-electron chi connectivity index (χ4n) is 3.94. The van der Waals surface area contributed by atoms with Crippen molar-refractivity contribution in [1.29, 1.82) is 0 Å². The number of carbonyl (C=O) groups excluding carboxylic acids is 1. The van der Waals surface area contributed by atoms with E-state index in [9.17, 15) is 4.79 Å². The fraction of sp³-hybridized carbons (Fsp3) is 0.321. The van der Waals surface area contributed by atoms with Gasteiger partial charge in [0.25, 0.3) is 0 Å². The minimum atomic E-state index is -0.148. The lowest BCUT2D eigenvalue weighted by molar-refractivity contribution is -0.143. The van der Waals surface area contributed by atoms with Gasteiger partial charge in [-0.05, 0) is 106 Å². The summed E-state index contributed by atoms with van der Waals surface area (Å²) in [6.07, 6.45) is 1.91. The monoisotopic (exact) mass is 716 g/mol. The number of anilines is 2. The van der Waals surface area contributed by atoms with E-state index in [1.54, 1.807) is 0 Å². The molecular formula is C28H31ClI2N2O2. The Morgan fingerprint density at radius 3 is 1.63 bits per heavy atom. The topological polar surface area (TPSA) is 32.8 Å². The van der Waals surface area contributed by atoms with Crippen LogP contribution in [0.3, 0.4) is 0 Å². The molecule has 0 aromatic heterocycles. The second-order valence-electron chi connectivity index (χ2n) is 8.71. The fourth-order valence-corrected chi connectivity index (χ4v) is 7.42. The van der Waals surface area contributed by atoms with Gasteiger partial charge < -0.3 is 14.5 Å². The largest absolute Gasteiger partial charge is 0.466 e. The lowest BCUT2D eigenvalue weighted by atomic mass is 9.93. The van der Waals surface area contributed by atoms with Crippen LogP contribution in [-0.2, 0) is 16.0 Å². The highest BCUT2D eigenvalue weighted by Gasteiger charge is 2.23. The standard InChI is InChI=1S/C28H31ClI2N2O2/c1-6-35-23(34)9-7-8-22-27(30)24(18-10-14-20(15-11-18)32(2)3)26(29)25(28(22)31)19-12-16-21(17-13-19)33(4)5/h10-17H,6-9H2,1-5H3. The van der Waals surface area contributed by atoms with Crippen molar-refractivity contribution in [3.8, 4) is 22.3 Å². The molecule has 0 aliphatic heterocycles. The van der Waals surface area contributed by atoms with Crippen molar-refractivity contribution in [2.24, 2.45) is 0 Å². The highest BCUT2D eigenvalue weighted by Crippen LogP contribution is 2.45. The molecule has 0 saturated carbocycles. The van der Waals surface area contributed by atoms with E-state index >= 15 is 0 Å². The minimum Gasteiger partial charge on any atom is -0.466 e. The molecule has 3 aromatic carbocycles. The van der Waals surface area contributed by atoms with Crippen molar-refractivity contribution >= 4 is 74.1 Å². The number of hydrogen-bond acceptors (Lipinski definition) is 4. The number of hydrogen-bond donors (Lipinski definition) is 0. The zero-order valence-electron chi connectivity index (χ0n) is 20.8. The maximum absolute atomic E-state index is 12.0. The number of halogens is 3. The molecule has 0 bridgehead atoms. The van der Waals surface area contributed by atoms with E-state index in [4.69, 9.17) is 16.3 Å². The molecule has 0 atom stereocenters. The van der Waals surface area contributed by atoms with E-state index < -0.39 is 0 Å². The van der Waals surface area contributed by atoms with Gasteiger partial charge in [0.2, 0.25) is 0 Å². The molecule has 0 heterocycles. The summed E-state index contributed by atoms with van der Waals surface area (Å²) >= 11 is 12.0. The minimum absolute atomic E-state index is 0.148. The predicted molar refractivity (Wildman–Crippen MR) is 166 cm³/mol. The lowest BCUT2D eigenvalue weighted by Crippen LogP contribution is -2.08. The Morgan fingerprint density at radius 1 is 0.829 bits per heavy atom. The molecule has 3 aromatic rings. The Kier molecular flexibility index (Phi) is 10.1. The van der Waals surface area contributed by atoms with Crippen molar-refractivity contribution in [3.63, 3.8) is 0 Å². The van der Waals surface area contributed by atoms with Crippen LogP contribution in [0.15, 0.2) is 48.5 Å². The molecule has 0 aliphatic carbocycles. The smallest absolute Gasteiger partial charge is 0.305 e. The first-order valence-electron chi connectivity index (χ1n) is 11.6. The first-order chi connectivity index (χ1) is 16.6. The highest BCUT2D eigenvalue weighted by atomic mass is 127. The summed E-state index contributed by atoms with van der Waals surface area (Å²) in [5.74, 6) is -0.148. The first kappa shape index (κ1) is 28.1. The molecule has 0 unspecified atom stereocenters. The summed E-state index contributed by atoms with van der Waals surface area (Å²) < 4.78 is 7.40. The van der Waals surface area contributed by atoms with Gasteiger partial charge in [0.1, 0.15) is 0 Å². The zero-order valence-corrected chi connectivity index (χ0v) is 25.9. The number of rotatable bonds is 9. The third kappa shape index (κ3) is 6.63. The molecule has 7 heteroatoms. The van der Waals surface area contributed by atoms with Gasteiger partial charge in [-0.15, -0.1) is 0 Å². The van der Waals surface area contributed by atoms with E-state index in [-0.39, 0.29) is 5.97 Å². The van der Waals surface area contributed by atoms with Gasteiger partial charge in [-0.25, -0.2) is 0 Å². The van der Waals surface area contributed by atoms with Gasteiger partial charge in [-0.2, -0.15) is 0 Å². The van der Waals surface area contributed by atoms with Crippen molar-refractivity contribution in [3.05, 3.63) is 66.3 Å². The molecule has 0 radical (unpaired) electrons. The SMILES string of the molecule is CCOC(=O)CCCc1c(I)c(-c2ccc(N(C)C)cc2)c(Cl)c(-c2ccc(N(C)C)cc2)c1I. The van der Waals surface area contributed by atoms with Gasteiger partial charge in [0.05, 0.1) is 11.6 Å². The second kappa shape index (κ2) is 12.6. The average molecular weight is 717 g/mol. The van der Waals surface area contributed by atoms with E-state index in [2.05, 4.69) is 104 Å². The molecule has 186 valence electrons. The molecule has 35 heavy (non-hydrogen) atoms. The molecule has 0 saturated heterocycles. The third-order valence-electron chi connectivity index (χ3n) is 5.87. The van der Waals surface area contributed by atoms with Crippen LogP contribution in [-0.4, -0.2) is 40.8 Å². The third-order valence-corrected chi connectivity index (χ3v) is 8.62. The summed E-state index contributed by atoms with van der Waals surface area (Å²) in [6, 6.07) is 17.0. The van der Waals surface area contributed by atoms with Crippen LogP contribution in [0, 0.1) is 7.14 Å². The second-order valence-corrected chi connectivity index (χ2v) is 11.2. The van der Waals surface area contributed by atoms with Gasteiger partial charge >= 0.3 is 5.97 Å².